The average molecular weight is 309 g/mol. The summed E-state index contributed by atoms with van der Waals surface area (Å²) in [5.74, 6) is 0. The highest BCUT2D eigenvalue weighted by Crippen LogP contribution is 2.34. The topological polar surface area (TPSA) is 29.3 Å². The number of fused-ring (bicyclic) bond motifs is 1. The number of rotatable bonds is 2. The first-order valence-corrected chi connectivity index (χ1v) is 7.27. The molecule has 17 heavy (non-hydrogen) atoms. The number of benzene rings is 1. The van der Waals surface area contributed by atoms with Crippen LogP contribution in [0.2, 0.25) is 0 Å². The Bertz CT molecular complexity index is 550. The second-order valence-electron chi connectivity index (χ2n) is 4.21. The van der Waals surface area contributed by atoms with Crippen LogP contribution in [-0.2, 0) is 13.0 Å². The second-order valence-corrected chi connectivity index (χ2v) is 6.06. The summed E-state index contributed by atoms with van der Waals surface area (Å²) in [6.07, 6.45) is 1.06. The molecule has 0 fully saturated rings. The van der Waals surface area contributed by atoms with Gasteiger partial charge >= 0.3 is 0 Å². The number of nitrogens with two attached hydrogens (primary N) is 1. The van der Waals surface area contributed by atoms with Crippen LogP contribution in [0.15, 0.2) is 34.1 Å². The summed E-state index contributed by atoms with van der Waals surface area (Å²) in [6.45, 7) is 2.03. The molecule has 1 aliphatic rings. The molecule has 0 bridgehead atoms. The lowest BCUT2D eigenvalue weighted by Gasteiger charge is -2.19. The van der Waals surface area contributed by atoms with Gasteiger partial charge in [0.05, 0.1) is 6.54 Å². The van der Waals surface area contributed by atoms with E-state index in [-0.39, 0.29) is 0 Å². The molecule has 0 radical (unpaired) electrons. The van der Waals surface area contributed by atoms with E-state index in [0.717, 1.165) is 25.2 Å². The lowest BCUT2D eigenvalue weighted by atomic mass is 10.1. The van der Waals surface area contributed by atoms with Crippen molar-refractivity contribution in [1.29, 1.82) is 0 Å². The van der Waals surface area contributed by atoms with Crippen molar-refractivity contribution in [3.63, 3.8) is 0 Å². The Hall–Kier alpha value is -1.00. The fourth-order valence-electron chi connectivity index (χ4n) is 2.30. The Labute approximate surface area is 113 Å². The Kier molecular flexibility index (Phi) is 2.84. The minimum Gasteiger partial charge on any atom is -0.398 e. The van der Waals surface area contributed by atoms with Crippen molar-refractivity contribution in [2.45, 2.75) is 13.0 Å². The molecule has 2 N–H and O–H groups in total. The summed E-state index contributed by atoms with van der Waals surface area (Å²) >= 11 is 5.38. The SMILES string of the molecule is Nc1cccc2c1CCN2Cc1sccc1Br. The van der Waals surface area contributed by atoms with E-state index in [4.69, 9.17) is 5.73 Å². The van der Waals surface area contributed by atoms with E-state index in [1.54, 1.807) is 11.3 Å². The summed E-state index contributed by atoms with van der Waals surface area (Å²) in [5.41, 5.74) is 9.53. The van der Waals surface area contributed by atoms with Gasteiger partial charge in [0.1, 0.15) is 0 Å². The number of nitrogens with zero attached hydrogens (tertiary/aromatic N) is 1. The van der Waals surface area contributed by atoms with Gasteiger partial charge in [0, 0.05) is 32.8 Å². The first-order valence-electron chi connectivity index (χ1n) is 5.60. The first kappa shape index (κ1) is 11.1. The molecule has 1 aromatic carbocycles. The Morgan fingerprint density at radius 3 is 3.00 bits per heavy atom. The van der Waals surface area contributed by atoms with E-state index in [9.17, 15) is 0 Å². The number of hydrogen-bond donors (Lipinski definition) is 1. The molecule has 1 aliphatic heterocycles. The third kappa shape index (κ3) is 1.96. The van der Waals surface area contributed by atoms with Gasteiger partial charge in [0.15, 0.2) is 0 Å². The minimum atomic E-state index is 0.926. The van der Waals surface area contributed by atoms with Gasteiger partial charge in [-0.05, 0) is 45.9 Å². The Morgan fingerprint density at radius 2 is 2.24 bits per heavy atom. The molecule has 0 atom stereocenters. The first-order chi connectivity index (χ1) is 8.25. The highest BCUT2D eigenvalue weighted by atomic mass is 79.9. The highest BCUT2D eigenvalue weighted by Gasteiger charge is 2.21. The molecule has 4 heteroatoms. The summed E-state index contributed by atoms with van der Waals surface area (Å²) < 4.78 is 1.21. The number of hydrogen-bond acceptors (Lipinski definition) is 3. The van der Waals surface area contributed by atoms with Crippen molar-refractivity contribution < 1.29 is 0 Å². The van der Waals surface area contributed by atoms with E-state index in [2.05, 4.69) is 38.3 Å². The van der Waals surface area contributed by atoms with Crippen LogP contribution in [0, 0.1) is 0 Å². The van der Waals surface area contributed by atoms with E-state index in [1.807, 2.05) is 12.1 Å². The van der Waals surface area contributed by atoms with Crippen molar-refractivity contribution in [2.24, 2.45) is 0 Å². The standard InChI is InChI=1S/C13H13BrN2S/c14-10-5-7-17-13(10)8-16-6-4-9-11(15)2-1-3-12(9)16/h1-3,5,7H,4,6,8,15H2. The number of nitrogen functional groups attached to an aromatic ring is 1. The highest BCUT2D eigenvalue weighted by molar-refractivity contribution is 9.10. The van der Waals surface area contributed by atoms with Gasteiger partial charge in [-0.3, -0.25) is 0 Å². The molecule has 0 aliphatic carbocycles. The molecule has 2 nitrogen and oxygen atoms in total. The third-order valence-corrected chi connectivity index (χ3v) is 5.10. The fourth-order valence-corrected chi connectivity index (χ4v) is 3.80. The van der Waals surface area contributed by atoms with Crippen LogP contribution in [0.5, 0.6) is 0 Å². The minimum absolute atomic E-state index is 0.926. The van der Waals surface area contributed by atoms with Gasteiger partial charge in [-0.1, -0.05) is 6.07 Å². The fraction of sp³-hybridized carbons (Fsp3) is 0.231. The van der Waals surface area contributed by atoms with Gasteiger partial charge in [0.25, 0.3) is 0 Å². The summed E-state index contributed by atoms with van der Waals surface area (Å²) in [6, 6.07) is 8.30. The quantitative estimate of drug-likeness (QED) is 0.858. The summed E-state index contributed by atoms with van der Waals surface area (Å²) in [7, 11) is 0. The van der Waals surface area contributed by atoms with Crippen LogP contribution in [0.25, 0.3) is 0 Å². The van der Waals surface area contributed by atoms with Crippen LogP contribution >= 0.6 is 27.3 Å². The molecule has 2 heterocycles. The molecule has 0 spiro atoms. The van der Waals surface area contributed by atoms with Crippen molar-refractivity contribution in [3.05, 3.63) is 44.6 Å². The van der Waals surface area contributed by atoms with E-state index < -0.39 is 0 Å². The monoisotopic (exact) mass is 308 g/mol. The second kappa shape index (κ2) is 4.35. The zero-order valence-electron chi connectivity index (χ0n) is 9.32. The van der Waals surface area contributed by atoms with Crippen molar-refractivity contribution in [2.75, 3.05) is 17.2 Å². The zero-order chi connectivity index (χ0) is 11.8. The molecular weight excluding hydrogens is 296 g/mol. The summed E-state index contributed by atoms with van der Waals surface area (Å²) in [4.78, 5) is 3.78. The van der Waals surface area contributed by atoms with Crippen LogP contribution in [-0.4, -0.2) is 6.54 Å². The van der Waals surface area contributed by atoms with Crippen LogP contribution in [0.3, 0.4) is 0 Å². The molecule has 0 unspecified atom stereocenters. The predicted molar refractivity (Wildman–Crippen MR) is 77.6 cm³/mol. The van der Waals surface area contributed by atoms with Gasteiger partial charge < -0.3 is 10.6 Å². The molecule has 0 saturated heterocycles. The van der Waals surface area contributed by atoms with Gasteiger partial charge in [-0.15, -0.1) is 11.3 Å². The smallest absolute Gasteiger partial charge is 0.0534 e. The van der Waals surface area contributed by atoms with Crippen molar-refractivity contribution in [3.8, 4) is 0 Å². The Morgan fingerprint density at radius 1 is 1.35 bits per heavy atom. The summed E-state index contributed by atoms with van der Waals surface area (Å²) in [5, 5.41) is 2.12. The van der Waals surface area contributed by atoms with Gasteiger partial charge in [-0.25, -0.2) is 0 Å². The molecular formula is C13H13BrN2S. The lowest BCUT2D eigenvalue weighted by molar-refractivity contribution is 0.844. The number of anilines is 2. The molecule has 1 aromatic heterocycles. The third-order valence-electron chi connectivity index (χ3n) is 3.19. The van der Waals surface area contributed by atoms with Gasteiger partial charge in [-0.2, -0.15) is 0 Å². The van der Waals surface area contributed by atoms with E-state index in [1.165, 1.54) is 20.6 Å². The molecule has 0 amide bonds. The molecule has 3 rings (SSSR count). The lowest BCUT2D eigenvalue weighted by Crippen LogP contribution is -2.19. The van der Waals surface area contributed by atoms with Crippen LogP contribution in [0.1, 0.15) is 10.4 Å². The average Bonchev–Trinajstić information content (AvgIpc) is 2.89. The van der Waals surface area contributed by atoms with E-state index in [0.29, 0.717) is 0 Å². The van der Waals surface area contributed by atoms with E-state index >= 15 is 0 Å². The zero-order valence-corrected chi connectivity index (χ0v) is 11.7. The predicted octanol–water partition coefficient (Wildman–Crippen LogP) is 3.66. The largest absolute Gasteiger partial charge is 0.398 e. The normalized spacial score (nSPS) is 14.1. The molecule has 0 saturated carbocycles. The number of halogens is 1. The van der Waals surface area contributed by atoms with Crippen molar-refractivity contribution in [1.82, 2.24) is 0 Å². The maximum absolute atomic E-state index is 6.00. The number of thiophene rings is 1. The van der Waals surface area contributed by atoms with Crippen molar-refractivity contribution >= 4 is 38.6 Å². The van der Waals surface area contributed by atoms with Gasteiger partial charge in [0.2, 0.25) is 0 Å². The molecule has 88 valence electrons. The van der Waals surface area contributed by atoms with Crippen LogP contribution in [0.4, 0.5) is 11.4 Å². The maximum atomic E-state index is 6.00. The maximum Gasteiger partial charge on any atom is 0.0534 e. The molecule has 2 aromatic rings. The Balaban J connectivity index is 1.90. The van der Waals surface area contributed by atoms with Crippen LogP contribution < -0.4 is 10.6 Å².